The van der Waals surface area contributed by atoms with E-state index in [4.69, 9.17) is 9.47 Å². The van der Waals surface area contributed by atoms with Crippen LogP contribution in [0.15, 0.2) is 42.6 Å². The first-order valence-electron chi connectivity index (χ1n) is 12.0. The molecule has 1 amide bonds. The molecule has 33 heavy (non-hydrogen) atoms. The summed E-state index contributed by atoms with van der Waals surface area (Å²) in [6, 6.07) is 12.1. The Hall–Kier alpha value is -2.80. The van der Waals surface area contributed by atoms with Gasteiger partial charge in [-0.15, -0.1) is 0 Å². The summed E-state index contributed by atoms with van der Waals surface area (Å²) in [5, 5.41) is 0. The number of carbonyl (C=O) groups excluding carboxylic acids is 1. The van der Waals surface area contributed by atoms with Crippen molar-refractivity contribution in [3.63, 3.8) is 0 Å². The first-order chi connectivity index (χ1) is 16.1. The van der Waals surface area contributed by atoms with Crippen LogP contribution in [0.2, 0.25) is 0 Å². The lowest BCUT2D eigenvalue weighted by Crippen LogP contribution is -2.52. The van der Waals surface area contributed by atoms with E-state index < -0.39 is 0 Å². The quantitative estimate of drug-likeness (QED) is 0.614. The number of hydrogen-bond acceptors (Lipinski definition) is 6. The molecule has 0 unspecified atom stereocenters. The number of piperidine rings is 1. The number of amides is 1. The number of anilines is 1. The van der Waals surface area contributed by atoms with Crippen molar-refractivity contribution in [1.82, 2.24) is 14.8 Å². The van der Waals surface area contributed by atoms with Crippen molar-refractivity contribution in [3.05, 3.63) is 48.2 Å². The van der Waals surface area contributed by atoms with Gasteiger partial charge in [-0.1, -0.05) is 6.07 Å². The van der Waals surface area contributed by atoms with Gasteiger partial charge in [-0.25, -0.2) is 4.98 Å². The first-order valence-corrected chi connectivity index (χ1v) is 12.0. The van der Waals surface area contributed by atoms with Gasteiger partial charge in [-0.05, 0) is 74.5 Å². The summed E-state index contributed by atoms with van der Waals surface area (Å²) in [6.07, 6.45) is 6.32. The second-order valence-corrected chi connectivity index (χ2v) is 9.03. The maximum atomic E-state index is 12.8. The molecule has 0 radical (unpaired) electrons. The number of carbonyl (C=O) groups is 1. The van der Waals surface area contributed by atoms with E-state index in [1.807, 2.05) is 35.4 Å². The van der Waals surface area contributed by atoms with Crippen LogP contribution in [0.25, 0.3) is 0 Å². The highest BCUT2D eigenvalue weighted by Gasteiger charge is 2.25. The van der Waals surface area contributed by atoms with Crippen molar-refractivity contribution in [2.75, 3.05) is 64.9 Å². The second kappa shape index (κ2) is 11.4. The lowest BCUT2D eigenvalue weighted by molar-refractivity contribution is -0.133. The molecule has 7 heteroatoms. The van der Waals surface area contributed by atoms with Crippen LogP contribution in [0.5, 0.6) is 11.5 Å². The average molecular weight is 453 g/mol. The van der Waals surface area contributed by atoms with Crippen molar-refractivity contribution in [2.45, 2.75) is 25.7 Å². The van der Waals surface area contributed by atoms with Gasteiger partial charge in [0, 0.05) is 38.4 Å². The number of methoxy groups -OCH3 is 2. The molecule has 2 aliphatic heterocycles. The molecule has 0 N–H and O–H groups in total. The van der Waals surface area contributed by atoms with E-state index in [0.29, 0.717) is 12.5 Å². The zero-order valence-corrected chi connectivity index (χ0v) is 19.9. The first kappa shape index (κ1) is 23.4. The van der Waals surface area contributed by atoms with Gasteiger partial charge in [-0.2, -0.15) is 0 Å². The van der Waals surface area contributed by atoms with Gasteiger partial charge >= 0.3 is 0 Å². The molecule has 1 aromatic heterocycles. The van der Waals surface area contributed by atoms with Crippen LogP contribution < -0.4 is 14.4 Å². The summed E-state index contributed by atoms with van der Waals surface area (Å²) in [5.41, 5.74) is 1.26. The van der Waals surface area contributed by atoms with Crippen LogP contribution in [-0.2, 0) is 11.2 Å². The minimum absolute atomic E-state index is 0.262. The minimum Gasteiger partial charge on any atom is -0.497 e. The third-order valence-electron chi connectivity index (χ3n) is 6.92. The number of hydrogen-bond donors (Lipinski definition) is 0. The molecule has 1 aromatic carbocycles. The standard InChI is InChI=1S/C26H36N4O3/c1-32-23-17-22(18-24(19-23)33-2)7-6-21-8-11-28(12-9-21)20-26(31)30-15-13-29(14-16-30)25-5-3-4-10-27-25/h3-5,10,17-19,21H,6-9,11-16,20H2,1-2H3. The van der Waals surface area contributed by atoms with Crippen molar-refractivity contribution in [3.8, 4) is 11.5 Å². The van der Waals surface area contributed by atoms with E-state index >= 15 is 0 Å². The van der Waals surface area contributed by atoms with E-state index in [1.165, 1.54) is 5.56 Å². The molecular weight excluding hydrogens is 416 g/mol. The summed E-state index contributed by atoms with van der Waals surface area (Å²) in [6.45, 7) is 5.80. The van der Waals surface area contributed by atoms with Crippen LogP contribution in [0.4, 0.5) is 5.82 Å². The van der Waals surface area contributed by atoms with Gasteiger partial charge < -0.3 is 19.3 Å². The zero-order chi connectivity index (χ0) is 23.0. The van der Waals surface area contributed by atoms with Crippen LogP contribution in [0.1, 0.15) is 24.8 Å². The minimum atomic E-state index is 0.262. The van der Waals surface area contributed by atoms with Gasteiger partial charge in [0.15, 0.2) is 0 Å². The van der Waals surface area contributed by atoms with Gasteiger partial charge in [0.2, 0.25) is 5.91 Å². The highest BCUT2D eigenvalue weighted by atomic mass is 16.5. The Morgan fingerprint density at radius 3 is 2.27 bits per heavy atom. The SMILES string of the molecule is COc1cc(CCC2CCN(CC(=O)N3CCN(c4ccccn4)CC3)CC2)cc(OC)c1. The molecule has 0 aliphatic carbocycles. The Balaban J connectivity index is 1.17. The molecule has 0 atom stereocenters. The number of nitrogens with zero attached hydrogens (tertiary/aromatic N) is 4. The summed E-state index contributed by atoms with van der Waals surface area (Å²) >= 11 is 0. The van der Waals surface area contributed by atoms with E-state index in [2.05, 4.69) is 26.9 Å². The monoisotopic (exact) mass is 452 g/mol. The topological polar surface area (TPSA) is 58.1 Å². The Labute approximate surface area is 197 Å². The van der Waals surface area contributed by atoms with Gasteiger partial charge in [0.1, 0.15) is 17.3 Å². The number of piperazine rings is 1. The summed E-state index contributed by atoms with van der Waals surface area (Å²) in [4.78, 5) is 23.9. The highest BCUT2D eigenvalue weighted by molar-refractivity contribution is 5.78. The van der Waals surface area contributed by atoms with Crippen molar-refractivity contribution < 1.29 is 14.3 Å². The molecule has 3 heterocycles. The largest absolute Gasteiger partial charge is 0.497 e. The fourth-order valence-electron chi connectivity index (χ4n) is 4.83. The third kappa shape index (κ3) is 6.38. The predicted octanol–water partition coefficient (Wildman–Crippen LogP) is 3.09. The summed E-state index contributed by atoms with van der Waals surface area (Å²) < 4.78 is 10.8. The van der Waals surface area contributed by atoms with Crippen LogP contribution >= 0.6 is 0 Å². The lowest BCUT2D eigenvalue weighted by atomic mass is 9.90. The Kier molecular flexibility index (Phi) is 8.05. The number of rotatable bonds is 8. The van der Waals surface area contributed by atoms with Gasteiger partial charge in [0.25, 0.3) is 0 Å². The Morgan fingerprint density at radius 2 is 1.67 bits per heavy atom. The molecule has 2 saturated heterocycles. The smallest absolute Gasteiger partial charge is 0.236 e. The van der Waals surface area contributed by atoms with Crippen LogP contribution in [0, 0.1) is 5.92 Å². The maximum Gasteiger partial charge on any atom is 0.236 e. The van der Waals surface area contributed by atoms with Gasteiger partial charge in [0.05, 0.1) is 20.8 Å². The molecule has 7 nitrogen and oxygen atoms in total. The normalized spacial score (nSPS) is 17.8. The van der Waals surface area contributed by atoms with E-state index in [9.17, 15) is 4.79 Å². The molecule has 2 aliphatic rings. The molecular formula is C26H36N4O3. The summed E-state index contributed by atoms with van der Waals surface area (Å²) in [5.74, 6) is 3.66. The highest BCUT2D eigenvalue weighted by Crippen LogP contribution is 2.27. The number of ether oxygens (including phenoxy) is 2. The van der Waals surface area contributed by atoms with Crippen molar-refractivity contribution in [1.29, 1.82) is 0 Å². The fourth-order valence-corrected chi connectivity index (χ4v) is 4.83. The number of pyridine rings is 1. The number of benzene rings is 1. The fraction of sp³-hybridized carbons (Fsp3) is 0.538. The number of aromatic nitrogens is 1. The molecule has 0 bridgehead atoms. The third-order valence-corrected chi connectivity index (χ3v) is 6.92. The zero-order valence-electron chi connectivity index (χ0n) is 19.9. The Morgan fingerprint density at radius 1 is 0.970 bits per heavy atom. The summed E-state index contributed by atoms with van der Waals surface area (Å²) in [7, 11) is 3.38. The molecule has 0 saturated carbocycles. The molecule has 2 aromatic rings. The molecule has 4 rings (SSSR count). The van der Waals surface area contributed by atoms with Gasteiger partial charge in [-0.3, -0.25) is 9.69 Å². The lowest BCUT2D eigenvalue weighted by Gasteiger charge is -2.37. The van der Waals surface area contributed by atoms with E-state index in [1.54, 1.807) is 14.2 Å². The van der Waals surface area contributed by atoms with E-state index in [0.717, 1.165) is 82.3 Å². The average Bonchev–Trinajstić information content (AvgIpc) is 2.88. The van der Waals surface area contributed by atoms with Crippen molar-refractivity contribution in [2.24, 2.45) is 5.92 Å². The number of aryl methyl sites for hydroxylation is 1. The van der Waals surface area contributed by atoms with E-state index in [-0.39, 0.29) is 5.91 Å². The molecule has 2 fully saturated rings. The molecule has 0 spiro atoms. The number of likely N-dealkylation sites (tertiary alicyclic amines) is 1. The molecule has 178 valence electrons. The second-order valence-electron chi connectivity index (χ2n) is 9.03. The maximum absolute atomic E-state index is 12.8. The van der Waals surface area contributed by atoms with Crippen molar-refractivity contribution >= 4 is 11.7 Å². The van der Waals surface area contributed by atoms with Crippen LogP contribution in [-0.4, -0.2) is 80.7 Å². The van der Waals surface area contributed by atoms with Crippen LogP contribution in [0.3, 0.4) is 0 Å². The predicted molar refractivity (Wildman–Crippen MR) is 130 cm³/mol. The Bertz CT molecular complexity index is 869.